The van der Waals surface area contributed by atoms with E-state index in [0.717, 1.165) is 37.3 Å². The van der Waals surface area contributed by atoms with E-state index in [1.165, 1.54) is 11.1 Å². The van der Waals surface area contributed by atoms with E-state index in [2.05, 4.69) is 29.7 Å². The molecule has 0 aliphatic heterocycles. The van der Waals surface area contributed by atoms with Crippen LogP contribution in [-0.4, -0.2) is 29.1 Å². The standard InChI is InChI=1S/C14H19ClN2O/c1-11-5-3-6-12-14(11)16-13(7-8-15)17(12)9-4-10-18-2/h3,5-6H,4,7-10H2,1-2H3. The summed E-state index contributed by atoms with van der Waals surface area (Å²) in [5.74, 6) is 1.68. The van der Waals surface area contributed by atoms with Crippen LogP contribution in [0.15, 0.2) is 18.2 Å². The van der Waals surface area contributed by atoms with Gasteiger partial charge < -0.3 is 9.30 Å². The number of alkyl halides is 1. The van der Waals surface area contributed by atoms with Crippen LogP contribution in [0, 0.1) is 6.92 Å². The lowest BCUT2D eigenvalue weighted by Crippen LogP contribution is -2.06. The van der Waals surface area contributed by atoms with Crippen LogP contribution in [0.5, 0.6) is 0 Å². The maximum Gasteiger partial charge on any atom is 0.111 e. The minimum atomic E-state index is 0.604. The third-order valence-corrected chi connectivity index (χ3v) is 3.30. The molecule has 0 aliphatic rings. The zero-order valence-corrected chi connectivity index (χ0v) is 11.7. The lowest BCUT2D eigenvalue weighted by Gasteiger charge is -2.08. The van der Waals surface area contributed by atoms with Crippen molar-refractivity contribution in [3.8, 4) is 0 Å². The van der Waals surface area contributed by atoms with Crippen molar-refractivity contribution >= 4 is 22.6 Å². The number of aromatic nitrogens is 2. The zero-order valence-electron chi connectivity index (χ0n) is 10.9. The third kappa shape index (κ3) is 2.68. The first-order chi connectivity index (χ1) is 8.77. The lowest BCUT2D eigenvalue weighted by molar-refractivity contribution is 0.190. The quantitative estimate of drug-likeness (QED) is 0.593. The number of fused-ring (bicyclic) bond motifs is 1. The predicted molar refractivity (Wildman–Crippen MR) is 75.4 cm³/mol. The van der Waals surface area contributed by atoms with Crippen molar-refractivity contribution in [1.82, 2.24) is 9.55 Å². The van der Waals surface area contributed by atoms with Gasteiger partial charge in [-0.05, 0) is 25.0 Å². The molecule has 18 heavy (non-hydrogen) atoms. The predicted octanol–water partition coefficient (Wildman–Crippen LogP) is 3.16. The molecule has 0 bridgehead atoms. The number of para-hydroxylation sites is 1. The van der Waals surface area contributed by atoms with E-state index in [4.69, 9.17) is 21.3 Å². The van der Waals surface area contributed by atoms with Gasteiger partial charge in [-0.1, -0.05) is 12.1 Å². The Kier molecular flexibility index (Phi) is 4.61. The lowest BCUT2D eigenvalue weighted by atomic mass is 10.2. The molecule has 0 saturated carbocycles. The number of aryl methyl sites for hydroxylation is 3. The van der Waals surface area contributed by atoms with Crippen molar-refractivity contribution in [2.75, 3.05) is 19.6 Å². The van der Waals surface area contributed by atoms with Gasteiger partial charge in [0.05, 0.1) is 11.0 Å². The normalized spacial score (nSPS) is 11.3. The van der Waals surface area contributed by atoms with Gasteiger partial charge in [-0.15, -0.1) is 11.6 Å². The smallest absolute Gasteiger partial charge is 0.111 e. The van der Waals surface area contributed by atoms with E-state index in [1.807, 2.05) is 0 Å². The van der Waals surface area contributed by atoms with Crippen LogP contribution in [0.4, 0.5) is 0 Å². The summed E-state index contributed by atoms with van der Waals surface area (Å²) >= 11 is 5.86. The van der Waals surface area contributed by atoms with E-state index >= 15 is 0 Å². The summed E-state index contributed by atoms with van der Waals surface area (Å²) in [4.78, 5) is 4.72. The number of hydrogen-bond donors (Lipinski definition) is 0. The average molecular weight is 267 g/mol. The number of imidazole rings is 1. The highest BCUT2D eigenvalue weighted by Crippen LogP contribution is 2.20. The van der Waals surface area contributed by atoms with Gasteiger partial charge in [-0.25, -0.2) is 4.98 Å². The van der Waals surface area contributed by atoms with Crippen LogP contribution in [0.25, 0.3) is 11.0 Å². The Labute approximate surface area is 113 Å². The SMILES string of the molecule is COCCCn1c(CCCl)nc2c(C)cccc21. The van der Waals surface area contributed by atoms with Gasteiger partial charge in [0.1, 0.15) is 5.82 Å². The molecule has 2 rings (SSSR count). The molecule has 4 heteroatoms. The molecule has 1 heterocycles. The molecule has 0 spiro atoms. The highest BCUT2D eigenvalue weighted by Gasteiger charge is 2.11. The Bertz CT molecular complexity index is 522. The number of rotatable bonds is 6. The molecular formula is C14H19ClN2O. The molecule has 0 saturated heterocycles. The van der Waals surface area contributed by atoms with Crippen molar-refractivity contribution in [1.29, 1.82) is 0 Å². The molecule has 1 aromatic carbocycles. The molecule has 1 aromatic heterocycles. The van der Waals surface area contributed by atoms with Crippen LogP contribution in [0.3, 0.4) is 0 Å². The van der Waals surface area contributed by atoms with Gasteiger partial charge in [0.15, 0.2) is 0 Å². The van der Waals surface area contributed by atoms with Crippen LogP contribution in [0.1, 0.15) is 17.8 Å². The molecule has 0 unspecified atom stereocenters. The van der Waals surface area contributed by atoms with Gasteiger partial charge >= 0.3 is 0 Å². The summed E-state index contributed by atoms with van der Waals surface area (Å²) < 4.78 is 7.38. The molecule has 2 aromatic rings. The second kappa shape index (κ2) is 6.21. The fraction of sp³-hybridized carbons (Fsp3) is 0.500. The molecule has 0 N–H and O–H groups in total. The average Bonchev–Trinajstić information content (AvgIpc) is 2.70. The van der Waals surface area contributed by atoms with E-state index in [1.54, 1.807) is 7.11 Å². The van der Waals surface area contributed by atoms with Gasteiger partial charge in [-0.2, -0.15) is 0 Å². The Hall–Kier alpha value is -1.06. The highest BCUT2D eigenvalue weighted by molar-refractivity contribution is 6.17. The van der Waals surface area contributed by atoms with Gasteiger partial charge in [0, 0.05) is 32.6 Å². The Morgan fingerprint density at radius 1 is 1.39 bits per heavy atom. The van der Waals surface area contributed by atoms with Crippen LogP contribution in [0.2, 0.25) is 0 Å². The number of methoxy groups -OCH3 is 1. The second-order valence-corrected chi connectivity index (χ2v) is 4.79. The Balaban J connectivity index is 2.39. The fourth-order valence-corrected chi connectivity index (χ4v) is 2.40. The Morgan fingerprint density at radius 2 is 2.22 bits per heavy atom. The van der Waals surface area contributed by atoms with Crippen molar-refractivity contribution in [2.45, 2.75) is 26.3 Å². The van der Waals surface area contributed by atoms with E-state index in [-0.39, 0.29) is 0 Å². The number of benzene rings is 1. The maximum absolute atomic E-state index is 5.86. The summed E-state index contributed by atoms with van der Waals surface area (Å²) in [6.45, 7) is 3.80. The summed E-state index contributed by atoms with van der Waals surface area (Å²) in [7, 11) is 1.73. The molecule has 0 aliphatic carbocycles. The molecule has 0 atom stereocenters. The number of hydrogen-bond acceptors (Lipinski definition) is 2. The van der Waals surface area contributed by atoms with Gasteiger partial charge in [0.2, 0.25) is 0 Å². The molecule has 3 nitrogen and oxygen atoms in total. The summed E-state index contributed by atoms with van der Waals surface area (Å²) in [6.07, 6.45) is 1.80. The third-order valence-electron chi connectivity index (χ3n) is 3.11. The zero-order chi connectivity index (χ0) is 13.0. The van der Waals surface area contributed by atoms with E-state index in [0.29, 0.717) is 5.88 Å². The summed E-state index contributed by atoms with van der Waals surface area (Å²) in [5.41, 5.74) is 3.51. The molecule has 0 amide bonds. The van der Waals surface area contributed by atoms with Crippen molar-refractivity contribution in [3.05, 3.63) is 29.6 Å². The molecule has 98 valence electrons. The van der Waals surface area contributed by atoms with Crippen LogP contribution < -0.4 is 0 Å². The minimum Gasteiger partial charge on any atom is -0.385 e. The second-order valence-electron chi connectivity index (χ2n) is 4.41. The maximum atomic E-state index is 5.86. The topological polar surface area (TPSA) is 27.1 Å². The van der Waals surface area contributed by atoms with Crippen molar-refractivity contribution in [2.24, 2.45) is 0 Å². The largest absolute Gasteiger partial charge is 0.385 e. The van der Waals surface area contributed by atoms with E-state index in [9.17, 15) is 0 Å². The van der Waals surface area contributed by atoms with Crippen LogP contribution >= 0.6 is 11.6 Å². The summed E-state index contributed by atoms with van der Waals surface area (Å²) in [6, 6.07) is 6.30. The highest BCUT2D eigenvalue weighted by atomic mass is 35.5. The number of nitrogens with zero attached hydrogens (tertiary/aromatic N) is 2. The van der Waals surface area contributed by atoms with Crippen molar-refractivity contribution in [3.63, 3.8) is 0 Å². The monoisotopic (exact) mass is 266 g/mol. The first-order valence-corrected chi connectivity index (χ1v) is 6.81. The number of halogens is 1. The fourth-order valence-electron chi connectivity index (χ4n) is 2.23. The molecular weight excluding hydrogens is 248 g/mol. The summed E-state index contributed by atoms with van der Waals surface area (Å²) in [5, 5.41) is 0. The number of ether oxygens (including phenoxy) is 1. The molecule has 0 radical (unpaired) electrons. The van der Waals surface area contributed by atoms with Crippen LogP contribution in [-0.2, 0) is 17.7 Å². The van der Waals surface area contributed by atoms with E-state index < -0.39 is 0 Å². The first kappa shape index (κ1) is 13.4. The van der Waals surface area contributed by atoms with Gasteiger partial charge in [-0.3, -0.25) is 0 Å². The van der Waals surface area contributed by atoms with Gasteiger partial charge in [0.25, 0.3) is 0 Å². The first-order valence-electron chi connectivity index (χ1n) is 6.27. The Morgan fingerprint density at radius 3 is 2.94 bits per heavy atom. The molecule has 0 fully saturated rings. The van der Waals surface area contributed by atoms with Crippen molar-refractivity contribution < 1.29 is 4.74 Å². The minimum absolute atomic E-state index is 0.604.